The highest BCUT2D eigenvalue weighted by atomic mass is 19.4. The summed E-state index contributed by atoms with van der Waals surface area (Å²) >= 11 is 0. The monoisotopic (exact) mass is 385 g/mol. The fraction of sp³-hybridized carbons (Fsp3) is 0.647. The molecule has 1 fully saturated rings. The lowest BCUT2D eigenvalue weighted by Gasteiger charge is -2.31. The largest absolute Gasteiger partial charge is 0.466 e. The molecule has 7 nitrogen and oxygen atoms in total. The standard InChI is InChI=1S/C17H22F3N5O2/c1-5-27-14(26)16(10(2)3)6-7-24(9-16)12-8-11(4)21-15-22-13(17(18,19)20)23-25(12)15/h8,10H,5-7,9H2,1-4H3. The number of esters is 1. The summed E-state index contributed by atoms with van der Waals surface area (Å²) in [5.41, 5.74) is -0.191. The molecule has 0 aromatic carbocycles. The average Bonchev–Trinajstić information content (AvgIpc) is 3.19. The lowest BCUT2D eigenvalue weighted by Crippen LogP contribution is -2.41. The van der Waals surface area contributed by atoms with Crippen molar-refractivity contribution in [3.05, 3.63) is 17.6 Å². The van der Waals surface area contributed by atoms with Crippen molar-refractivity contribution < 1.29 is 22.7 Å². The van der Waals surface area contributed by atoms with E-state index < -0.39 is 17.4 Å². The van der Waals surface area contributed by atoms with Crippen molar-refractivity contribution in [3.63, 3.8) is 0 Å². The topological polar surface area (TPSA) is 72.6 Å². The molecule has 0 amide bonds. The Hall–Kier alpha value is -2.39. The summed E-state index contributed by atoms with van der Waals surface area (Å²) in [4.78, 5) is 22.0. The number of carbonyl (C=O) groups is 1. The molecule has 0 N–H and O–H groups in total. The van der Waals surface area contributed by atoms with Gasteiger partial charge in [-0.05, 0) is 26.2 Å². The van der Waals surface area contributed by atoms with E-state index in [1.54, 1.807) is 19.9 Å². The first kappa shape index (κ1) is 19.4. The zero-order chi connectivity index (χ0) is 20.0. The summed E-state index contributed by atoms with van der Waals surface area (Å²) in [6.07, 6.45) is -4.11. The van der Waals surface area contributed by atoms with Gasteiger partial charge in [0.1, 0.15) is 5.82 Å². The van der Waals surface area contributed by atoms with Crippen molar-refractivity contribution >= 4 is 17.6 Å². The highest BCUT2D eigenvalue weighted by molar-refractivity contribution is 5.79. The number of halogens is 3. The fourth-order valence-corrected chi connectivity index (χ4v) is 3.49. The van der Waals surface area contributed by atoms with Crippen molar-refractivity contribution in [2.75, 3.05) is 24.6 Å². The van der Waals surface area contributed by atoms with Crippen molar-refractivity contribution in [1.82, 2.24) is 19.6 Å². The van der Waals surface area contributed by atoms with E-state index in [1.807, 2.05) is 18.7 Å². The van der Waals surface area contributed by atoms with Crippen LogP contribution in [0.1, 0.15) is 38.7 Å². The van der Waals surface area contributed by atoms with Gasteiger partial charge in [-0.15, -0.1) is 5.10 Å². The molecule has 0 saturated carbocycles. The Bertz CT molecular complexity index is 864. The third-order valence-electron chi connectivity index (χ3n) is 5.09. The molecule has 0 spiro atoms. The number of anilines is 1. The number of hydrogen-bond donors (Lipinski definition) is 0. The number of nitrogens with zero attached hydrogens (tertiary/aromatic N) is 5. The zero-order valence-corrected chi connectivity index (χ0v) is 15.7. The van der Waals surface area contributed by atoms with Crippen molar-refractivity contribution in [3.8, 4) is 0 Å². The summed E-state index contributed by atoms with van der Waals surface area (Å²) in [5, 5.41) is 3.60. The van der Waals surface area contributed by atoms with Crippen LogP contribution < -0.4 is 4.90 Å². The zero-order valence-electron chi connectivity index (χ0n) is 15.7. The summed E-state index contributed by atoms with van der Waals surface area (Å²) < 4.78 is 45.4. The molecule has 1 aliphatic heterocycles. The van der Waals surface area contributed by atoms with Crippen LogP contribution in [0.5, 0.6) is 0 Å². The highest BCUT2D eigenvalue weighted by Crippen LogP contribution is 2.41. The first-order chi connectivity index (χ1) is 12.6. The quantitative estimate of drug-likeness (QED) is 0.754. The van der Waals surface area contributed by atoms with E-state index in [9.17, 15) is 18.0 Å². The van der Waals surface area contributed by atoms with Gasteiger partial charge in [0.05, 0.1) is 12.0 Å². The first-order valence-corrected chi connectivity index (χ1v) is 8.82. The number of alkyl halides is 3. The smallest absolute Gasteiger partial charge is 0.453 e. The van der Waals surface area contributed by atoms with Gasteiger partial charge in [-0.3, -0.25) is 4.79 Å². The second-order valence-corrected chi connectivity index (χ2v) is 7.10. The summed E-state index contributed by atoms with van der Waals surface area (Å²) in [6.45, 7) is 8.45. The van der Waals surface area contributed by atoms with E-state index >= 15 is 0 Å². The molecule has 3 heterocycles. The number of aryl methyl sites for hydroxylation is 1. The molecule has 3 rings (SSSR count). The van der Waals surface area contributed by atoms with Crippen LogP contribution in [0.25, 0.3) is 5.78 Å². The lowest BCUT2D eigenvalue weighted by molar-refractivity contribution is -0.156. The van der Waals surface area contributed by atoms with Crippen molar-refractivity contribution in [1.29, 1.82) is 0 Å². The molecule has 0 aliphatic carbocycles. The molecular formula is C17H22F3N5O2. The molecule has 1 unspecified atom stereocenters. The normalized spacial score (nSPS) is 20.7. The third-order valence-corrected chi connectivity index (χ3v) is 5.09. The van der Waals surface area contributed by atoms with Crippen LogP contribution in [0.2, 0.25) is 0 Å². The maximum atomic E-state index is 13.0. The first-order valence-electron chi connectivity index (χ1n) is 8.82. The Morgan fingerprint density at radius 1 is 1.37 bits per heavy atom. The van der Waals surface area contributed by atoms with E-state index in [4.69, 9.17) is 4.74 Å². The number of aromatic nitrogens is 4. The van der Waals surface area contributed by atoms with Gasteiger partial charge in [0.25, 0.3) is 11.6 Å². The van der Waals surface area contributed by atoms with Gasteiger partial charge in [0.2, 0.25) is 0 Å². The average molecular weight is 385 g/mol. The minimum atomic E-state index is -4.66. The maximum Gasteiger partial charge on any atom is 0.453 e. The third kappa shape index (κ3) is 3.32. The van der Waals surface area contributed by atoms with Gasteiger partial charge in [-0.25, -0.2) is 4.98 Å². The molecule has 0 radical (unpaired) electrons. The number of carbonyl (C=O) groups excluding carboxylic acids is 1. The number of ether oxygens (including phenoxy) is 1. The molecule has 0 bridgehead atoms. The van der Waals surface area contributed by atoms with Crippen molar-refractivity contribution in [2.24, 2.45) is 11.3 Å². The fourth-order valence-electron chi connectivity index (χ4n) is 3.49. The molecular weight excluding hydrogens is 363 g/mol. The minimum Gasteiger partial charge on any atom is -0.466 e. The SMILES string of the molecule is CCOC(=O)C1(C(C)C)CCN(c2cc(C)nc3nc(C(F)(F)F)nn23)C1. The molecule has 2 aromatic rings. The number of rotatable bonds is 4. The van der Waals surface area contributed by atoms with Gasteiger partial charge in [-0.2, -0.15) is 22.7 Å². The predicted molar refractivity (Wildman–Crippen MR) is 91.3 cm³/mol. The van der Waals surface area contributed by atoms with Gasteiger partial charge in [-0.1, -0.05) is 13.8 Å². The van der Waals surface area contributed by atoms with Gasteiger partial charge < -0.3 is 9.64 Å². The van der Waals surface area contributed by atoms with Gasteiger partial charge >= 0.3 is 12.1 Å². The molecule has 1 atom stereocenters. The van der Waals surface area contributed by atoms with E-state index in [0.717, 1.165) is 4.52 Å². The van der Waals surface area contributed by atoms with Gasteiger partial charge in [0, 0.05) is 24.8 Å². The Kier molecular flexibility index (Phi) is 4.77. The van der Waals surface area contributed by atoms with E-state index in [-0.39, 0.29) is 24.3 Å². The number of fused-ring (bicyclic) bond motifs is 1. The Labute approximate surface area is 154 Å². The molecule has 1 saturated heterocycles. The van der Waals surface area contributed by atoms with Crippen LogP contribution in [-0.4, -0.2) is 45.2 Å². The summed E-state index contributed by atoms with van der Waals surface area (Å²) in [7, 11) is 0. The van der Waals surface area contributed by atoms with Gasteiger partial charge in [0.15, 0.2) is 0 Å². The van der Waals surface area contributed by atoms with E-state index in [2.05, 4.69) is 15.1 Å². The van der Waals surface area contributed by atoms with Crippen LogP contribution in [0.3, 0.4) is 0 Å². The Morgan fingerprint density at radius 2 is 2.07 bits per heavy atom. The lowest BCUT2D eigenvalue weighted by atomic mass is 9.76. The Balaban J connectivity index is 2.03. The molecule has 10 heteroatoms. The second-order valence-electron chi connectivity index (χ2n) is 7.10. The van der Waals surface area contributed by atoms with Crippen LogP contribution in [0.15, 0.2) is 6.07 Å². The summed E-state index contributed by atoms with van der Waals surface area (Å²) in [6, 6.07) is 1.66. The van der Waals surface area contributed by atoms with Crippen LogP contribution >= 0.6 is 0 Å². The summed E-state index contributed by atoms with van der Waals surface area (Å²) in [5.74, 6) is -1.18. The second kappa shape index (κ2) is 6.65. The van der Waals surface area contributed by atoms with Crippen molar-refractivity contribution in [2.45, 2.75) is 40.3 Å². The molecule has 2 aromatic heterocycles. The molecule has 148 valence electrons. The molecule has 27 heavy (non-hydrogen) atoms. The van der Waals surface area contributed by atoms with Crippen LogP contribution in [-0.2, 0) is 15.7 Å². The van der Waals surface area contributed by atoms with Crippen LogP contribution in [0.4, 0.5) is 19.0 Å². The number of hydrogen-bond acceptors (Lipinski definition) is 6. The van der Waals surface area contributed by atoms with E-state index in [0.29, 0.717) is 31.0 Å². The van der Waals surface area contributed by atoms with E-state index in [1.165, 1.54) is 0 Å². The molecule has 1 aliphatic rings. The highest BCUT2D eigenvalue weighted by Gasteiger charge is 2.49. The maximum absolute atomic E-state index is 13.0. The Morgan fingerprint density at radius 3 is 2.67 bits per heavy atom. The minimum absolute atomic E-state index is 0.0152. The predicted octanol–water partition coefficient (Wildman–Crippen LogP) is 2.87. The van der Waals surface area contributed by atoms with Crippen LogP contribution in [0, 0.1) is 18.3 Å².